The summed E-state index contributed by atoms with van der Waals surface area (Å²) in [4.78, 5) is 4.43. The zero-order valence-corrected chi connectivity index (χ0v) is 11.2. The maximum Gasteiger partial charge on any atom is 0.201 e. The van der Waals surface area contributed by atoms with Gasteiger partial charge in [0.15, 0.2) is 0 Å². The molecule has 98 valence electrons. The van der Waals surface area contributed by atoms with Crippen molar-refractivity contribution in [2.45, 2.75) is 13.5 Å². The van der Waals surface area contributed by atoms with Crippen molar-refractivity contribution in [1.29, 1.82) is 5.26 Å². The second-order valence-electron chi connectivity index (χ2n) is 4.81. The van der Waals surface area contributed by atoms with E-state index >= 15 is 0 Å². The van der Waals surface area contributed by atoms with Crippen molar-refractivity contribution in [2.24, 2.45) is 0 Å². The zero-order valence-electron chi connectivity index (χ0n) is 11.2. The number of aryl methyl sites for hydroxylation is 1. The molecule has 0 radical (unpaired) electrons. The Labute approximate surface area is 117 Å². The molecule has 0 aliphatic heterocycles. The van der Waals surface area contributed by atoms with Crippen molar-refractivity contribution < 1.29 is 0 Å². The van der Waals surface area contributed by atoms with Crippen LogP contribution in [0.25, 0.3) is 11.0 Å². The first kappa shape index (κ1) is 12.2. The highest BCUT2D eigenvalue weighted by Gasteiger charge is 2.10. The summed E-state index contributed by atoms with van der Waals surface area (Å²) in [6.45, 7) is 2.64. The lowest BCUT2D eigenvalue weighted by Crippen LogP contribution is -2.04. The van der Waals surface area contributed by atoms with Gasteiger partial charge >= 0.3 is 0 Å². The maximum atomic E-state index is 8.96. The van der Waals surface area contributed by atoms with Crippen LogP contribution in [-0.2, 0) is 6.54 Å². The Hall–Kier alpha value is -2.80. The quantitative estimate of drug-likeness (QED) is 0.772. The summed E-state index contributed by atoms with van der Waals surface area (Å²) in [6.07, 6.45) is 0. The van der Waals surface area contributed by atoms with Gasteiger partial charge in [-0.05, 0) is 36.2 Å². The van der Waals surface area contributed by atoms with Gasteiger partial charge in [-0.15, -0.1) is 0 Å². The van der Waals surface area contributed by atoms with Crippen molar-refractivity contribution in [3.63, 3.8) is 0 Å². The van der Waals surface area contributed by atoms with Gasteiger partial charge < -0.3 is 10.3 Å². The fourth-order valence-corrected chi connectivity index (χ4v) is 2.39. The van der Waals surface area contributed by atoms with Gasteiger partial charge in [0, 0.05) is 0 Å². The maximum absolute atomic E-state index is 8.96. The van der Waals surface area contributed by atoms with Crippen LogP contribution in [0.1, 0.15) is 16.7 Å². The number of nitrogens with two attached hydrogens (primary N) is 1. The molecule has 3 rings (SSSR count). The first-order chi connectivity index (χ1) is 9.69. The van der Waals surface area contributed by atoms with E-state index in [0.717, 1.165) is 22.2 Å². The molecule has 20 heavy (non-hydrogen) atoms. The molecule has 3 aromatic rings. The average molecular weight is 262 g/mol. The lowest BCUT2D eigenvalue weighted by atomic mass is 10.1. The van der Waals surface area contributed by atoms with Crippen molar-refractivity contribution in [1.82, 2.24) is 9.55 Å². The minimum absolute atomic E-state index is 0.497. The molecule has 0 aliphatic rings. The molecule has 0 bridgehead atoms. The number of aromatic nitrogens is 2. The molecule has 1 aromatic heterocycles. The number of nitrogen functional groups attached to an aromatic ring is 1. The van der Waals surface area contributed by atoms with Crippen molar-refractivity contribution in [3.8, 4) is 6.07 Å². The van der Waals surface area contributed by atoms with Crippen LogP contribution >= 0.6 is 0 Å². The molecule has 0 spiro atoms. The molecular formula is C16H14N4. The number of nitrogens with zero attached hydrogens (tertiary/aromatic N) is 3. The zero-order chi connectivity index (χ0) is 14.1. The summed E-state index contributed by atoms with van der Waals surface area (Å²) >= 11 is 0. The van der Waals surface area contributed by atoms with E-state index < -0.39 is 0 Å². The van der Waals surface area contributed by atoms with Crippen molar-refractivity contribution in [2.75, 3.05) is 5.73 Å². The summed E-state index contributed by atoms with van der Waals surface area (Å²) in [5, 5.41) is 8.96. The number of para-hydroxylation sites is 1. The fourth-order valence-electron chi connectivity index (χ4n) is 2.39. The normalized spacial score (nSPS) is 10.6. The molecule has 0 unspecified atom stereocenters. The van der Waals surface area contributed by atoms with E-state index in [9.17, 15) is 0 Å². The lowest BCUT2D eigenvalue weighted by molar-refractivity contribution is 0.838. The SMILES string of the molecule is Cc1cccc2c1nc(N)n2Cc1cccc(C#N)c1. The number of hydrogen-bond acceptors (Lipinski definition) is 3. The Morgan fingerprint density at radius 1 is 1.25 bits per heavy atom. The van der Waals surface area contributed by atoms with E-state index in [-0.39, 0.29) is 0 Å². The Bertz CT molecular complexity index is 824. The molecular weight excluding hydrogens is 248 g/mol. The second kappa shape index (κ2) is 4.71. The molecule has 0 fully saturated rings. The van der Waals surface area contributed by atoms with Crippen LogP contribution in [0.3, 0.4) is 0 Å². The monoisotopic (exact) mass is 262 g/mol. The summed E-state index contributed by atoms with van der Waals surface area (Å²) in [7, 11) is 0. The van der Waals surface area contributed by atoms with Crippen LogP contribution in [-0.4, -0.2) is 9.55 Å². The summed E-state index contributed by atoms with van der Waals surface area (Å²) < 4.78 is 1.97. The Morgan fingerprint density at radius 2 is 2.05 bits per heavy atom. The number of rotatable bonds is 2. The van der Waals surface area contributed by atoms with Crippen LogP contribution in [0.5, 0.6) is 0 Å². The average Bonchev–Trinajstić information content (AvgIpc) is 2.78. The third kappa shape index (κ3) is 1.99. The Balaban J connectivity index is 2.09. The van der Waals surface area contributed by atoms with E-state index in [1.54, 1.807) is 6.07 Å². The smallest absolute Gasteiger partial charge is 0.201 e. The van der Waals surface area contributed by atoms with Gasteiger partial charge in [0.25, 0.3) is 0 Å². The van der Waals surface area contributed by atoms with Gasteiger partial charge in [-0.3, -0.25) is 0 Å². The first-order valence-corrected chi connectivity index (χ1v) is 6.39. The van der Waals surface area contributed by atoms with Crippen LogP contribution in [0.4, 0.5) is 5.95 Å². The molecule has 0 saturated carbocycles. The number of hydrogen-bond donors (Lipinski definition) is 1. The molecule has 2 N–H and O–H groups in total. The number of fused-ring (bicyclic) bond motifs is 1. The standard InChI is InChI=1S/C16H14N4/c1-11-4-2-7-14-15(11)19-16(18)20(14)10-13-6-3-5-12(8-13)9-17/h2-8H,10H2,1H3,(H2,18,19). The van der Waals surface area contributed by atoms with E-state index in [4.69, 9.17) is 11.0 Å². The molecule has 4 heteroatoms. The number of benzene rings is 2. The molecule has 0 amide bonds. The van der Waals surface area contributed by atoms with Gasteiger partial charge in [-0.2, -0.15) is 5.26 Å². The van der Waals surface area contributed by atoms with Gasteiger partial charge in [0.1, 0.15) is 0 Å². The van der Waals surface area contributed by atoms with E-state index in [2.05, 4.69) is 11.1 Å². The first-order valence-electron chi connectivity index (χ1n) is 6.39. The molecule has 0 atom stereocenters. The topological polar surface area (TPSA) is 67.6 Å². The lowest BCUT2D eigenvalue weighted by Gasteiger charge is -2.07. The van der Waals surface area contributed by atoms with Crippen molar-refractivity contribution in [3.05, 3.63) is 59.2 Å². The molecule has 4 nitrogen and oxygen atoms in total. The number of anilines is 1. The Kier molecular flexibility index (Phi) is 2.88. The van der Waals surface area contributed by atoms with Gasteiger partial charge in [-0.1, -0.05) is 24.3 Å². The van der Waals surface area contributed by atoms with Gasteiger partial charge in [-0.25, -0.2) is 4.98 Å². The van der Waals surface area contributed by atoms with E-state index in [1.165, 1.54) is 0 Å². The van der Waals surface area contributed by atoms with Gasteiger partial charge in [0.05, 0.1) is 29.2 Å². The Morgan fingerprint density at radius 3 is 2.85 bits per heavy atom. The largest absolute Gasteiger partial charge is 0.369 e. The molecule has 1 heterocycles. The molecule has 2 aromatic carbocycles. The van der Waals surface area contributed by atoms with Crippen LogP contribution in [0.15, 0.2) is 42.5 Å². The molecule has 0 saturated heterocycles. The van der Waals surface area contributed by atoms with Crippen LogP contribution in [0, 0.1) is 18.3 Å². The minimum atomic E-state index is 0.497. The number of imidazole rings is 1. The van der Waals surface area contributed by atoms with Crippen molar-refractivity contribution >= 4 is 17.0 Å². The highest BCUT2D eigenvalue weighted by atomic mass is 15.1. The predicted octanol–water partition coefficient (Wildman–Crippen LogP) is 2.85. The van der Waals surface area contributed by atoms with E-state index in [1.807, 2.05) is 47.9 Å². The summed E-state index contributed by atoms with van der Waals surface area (Å²) in [6, 6.07) is 15.7. The summed E-state index contributed by atoms with van der Waals surface area (Å²) in [5.41, 5.74) is 10.8. The number of nitriles is 1. The highest BCUT2D eigenvalue weighted by molar-refractivity contribution is 5.81. The second-order valence-corrected chi connectivity index (χ2v) is 4.81. The van der Waals surface area contributed by atoms with Crippen LogP contribution < -0.4 is 5.73 Å². The summed E-state index contributed by atoms with van der Waals surface area (Å²) in [5.74, 6) is 0.497. The third-order valence-electron chi connectivity index (χ3n) is 3.41. The van der Waals surface area contributed by atoms with E-state index in [0.29, 0.717) is 18.1 Å². The highest BCUT2D eigenvalue weighted by Crippen LogP contribution is 2.22. The third-order valence-corrected chi connectivity index (χ3v) is 3.41. The van der Waals surface area contributed by atoms with Crippen LogP contribution in [0.2, 0.25) is 0 Å². The molecule has 0 aliphatic carbocycles. The van der Waals surface area contributed by atoms with Gasteiger partial charge in [0.2, 0.25) is 5.95 Å². The predicted molar refractivity (Wildman–Crippen MR) is 79.1 cm³/mol. The minimum Gasteiger partial charge on any atom is -0.369 e. The fraction of sp³-hybridized carbons (Fsp3) is 0.125.